The van der Waals surface area contributed by atoms with Gasteiger partial charge in [-0.25, -0.2) is 0 Å². The van der Waals surface area contributed by atoms with Crippen molar-refractivity contribution in [1.29, 1.82) is 0 Å². The Morgan fingerprint density at radius 1 is 1.23 bits per heavy atom. The van der Waals surface area contributed by atoms with Crippen molar-refractivity contribution in [2.24, 2.45) is 40.4 Å². The number of allylic oxidation sites excluding steroid dienone is 1. The smallest absolute Gasteiger partial charge is 0.222 e. The maximum Gasteiger partial charge on any atom is 0.222 e. The van der Waals surface area contributed by atoms with Crippen LogP contribution in [-0.4, -0.2) is 36.1 Å². The van der Waals surface area contributed by atoms with Gasteiger partial charge in [-0.1, -0.05) is 52.7 Å². The molecule has 0 radical (unpaired) electrons. The summed E-state index contributed by atoms with van der Waals surface area (Å²) in [6.45, 7) is 12.3. The van der Waals surface area contributed by atoms with E-state index in [-0.39, 0.29) is 12.0 Å². The molecule has 1 amide bonds. The summed E-state index contributed by atoms with van der Waals surface area (Å²) in [7, 11) is 3.73. The van der Waals surface area contributed by atoms with Crippen molar-refractivity contribution >= 4 is 5.91 Å². The highest BCUT2D eigenvalue weighted by molar-refractivity contribution is 5.75. The summed E-state index contributed by atoms with van der Waals surface area (Å²) in [6.07, 6.45) is 12.2. The summed E-state index contributed by atoms with van der Waals surface area (Å²) in [4.78, 5) is 13.9. The molecule has 0 aromatic heterocycles. The van der Waals surface area contributed by atoms with E-state index < -0.39 is 0 Å². The quantitative estimate of drug-likeness (QED) is 0.533. The number of amides is 1. The van der Waals surface area contributed by atoms with Crippen LogP contribution in [0.2, 0.25) is 0 Å². The first-order chi connectivity index (χ1) is 14.0. The monoisotopic (exact) mass is 417 g/mol. The molecule has 0 aliphatic heterocycles. The van der Waals surface area contributed by atoms with E-state index in [9.17, 15) is 9.90 Å². The van der Waals surface area contributed by atoms with Crippen LogP contribution in [0.25, 0.3) is 0 Å². The van der Waals surface area contributed by atoms with E-state index in [0.29, 0.717) is 29.1 Å². The van der Waals surface area contributed by atoms with Crippen LogP contribution >= 0.6 is 0 Å². The van der Waals surface area contributed by atoms with Gasteiger partial charge in [0.15, 0.2) is 0 Å². The van der Waals surface area contributed by atoms with Crippen molar-refractivity contribution in [3.05, 3.63) is 11.6 Å². The van der Waals surface area contributed by atoms with Crippen molar-refractivity contribution in [2.45, 2.75) is 98.5 Å². The number of nitrogens with zero attached hydrogens (tertiary/aromatic N) is 1. The number of hydrogen-bond acceptors (Lipinski definition) is 2. The number of hydrogen-bond donors (Lipinski definition) is 1. The molecule has 0 spiro atoms. The Hall–Kier alpha value is -0.830. The molecule has 1 N–H and O–H groups in total. The molecule has 0 saturated heterocycles. The Bertz CT molecular complexity index is 655. The Kier molecular flexibility index (Phi) is 7.12. The van der Waals surface area contributed by atoms with Crippen LogP contribution in [0, 0.1) is 40.4 Å². The highest BCUT2D eigenvalue weighted by Gasteiger charge is 2.55. The van der Waals surface area contributed by atoms with E-state index >= 15 is 0 Å². The maximum atomic E-state index is 12.1. The maximum absolute atomic E-state index is 12.1. The highest BCUT2D eigenvalue weighted by atomic mass is 16.3. The van der Waals surface area contributed by atoms with Crippen LogP contribution in [0.4, 0.5) is 0 Å². The number of rotatable bonds is 6. The summed E-state index contributed by atoms with van der Waals surface area (Å²) >= 11 is 0. The van der Waals surface area contributed by atoms with Gasteiger partial charge in [0.2, 0.25) is 5.91 Å². The number of aliphatic hydroxyl groups is 1. The minimum atomic E-state index is -0.123. The molecule has 30 heavy (non-hydrogen) atoms. The van der Waals surface area contributed by atoms with Crippen molar-refractivity contribution in [2.75, 3.05) is 14.1 Å². The third kappa shape index (κ3) is 4.12. The van der Waals surface area contributed by atoms with Crippen LogP contribution < -0.4 is 0 Å². The molecule has 0 heterocycles. The second-order valence-electron chi connectivity index (χ2n) is 11.7. The summed E-state index contributed by atoms with van der Waals surface area (Å²) in [5, 5.41) is 10.2. The van der Waals surface area contributed by atoms with Gasteiger partial charge in [-0.2, -0.15) is 0 Å². The molecule has 3 rings (SSSR count). The molecule has 3 aliphatic rings. The van der Waals surface area contributed by atoms with Crippen molar-refractivity contribution < 1.29 is 9.90 Å². The standard InChI is InChI=1S/C27H47NO2/c1-8-23-22-11-10-20-17-21(29)13-15-27(20,5)24(22)14-16-26(23,4)19(3)18(2)9-12-25(30)28(6)7/h10,18-19,21-24,29H,8-9,11-17H2,1-7H3/t18-,19?,21+,22?,23?,24?,26-,27+/m1/s1. The summed E-state index contributed by atoms with van der Waals surface area (Å²) in [5.41, 5.74) is 2.22. The molecule has 172 valence electrons. The van der Waals surface area contributed by atoms with Crippen LogP contribution in [-0.2, 0) is 4.79 Å². The van der Waals surface area contributed by atoms with Gasteiger partial charge in [0.05, 0.1) is 6.10 Å². The van der Waals surface area contributed by atoms with Crippen LogP contribution in [0.5, 0.6) is 0 Å². The molecule has 2 fully saturated rings. The predicted molar refractivity (Wildman–Crippen MR) is 125 cm³/mol. The third-order valence-electron chi connectivity index (χ3n) is 10.2. The van der Waals surface area contributed by atoms with E-state index in [0.717, 1.165) is 43.4 Å². The van der Waals surface area contributed by atoms with E-state index in [1.54, 1.807) is 10.5 Å². The average molecular weight is 418 g/mol. The van der Waals surface area contributed by atoms with E-state index in [1.807, 2.05) is 14.1 Å². The predicted octanol–water partition coefficient (Wildman–Crippen LogP) is 6.07. The molecule has 4 unspecified atom stereocenters. The summed E-state index contributed by atoms with van der Waals surface area (Å²) in [6, 6.07) is 0. The number of aliphatic hydroxyl groups excluding tert-OH is 1. The average Bonchev–Trinajstić information content (AvgIpc) is 2.71. The lowest BCUT2D eigenvalue weighted by atomic mass is 9.45. The topological polar surface area (TPSA) is 40.5 Å². The van der Waals surface area contributed by atoms with Gasteiger partial charge < -0.3 is 10.0 Å². The minimum absolute atomic E-state index is 0.123. The fraction of sp³-hybridized carbons (Fsp3) is 0.889. The Morgan fingerprint density at radius 2 is 1.93 bits per heavy atom. The lowest BCUT2D eigenvalue weighted by molar-refractivity contribution is -0.129. The molecule has 0 aromatic carbocycles. The summed E-state index contributed by atoms with van der Waals surface area (Å²) < 4.78 is 0. The molecule has 3 nitrogen and oxygen atoms in total. The first-order valence-electron chi connectivity index (χ1n) is 12.6. The first-order valence-corrected chi connectivity index (χ1v) is 12.6. The van der Waals surface area contributed by atoms with E-state index in [1.165, 1.54) is 25.7 Å². The second kappa shape index (κ2) is 8.96. The lowest BCUT2D eigenvalue weighted by Gasteiger charge is -2.60. The van der Waals surface area contributed by atoms with Crippen LogP contribution in [0.1, 0.15) is 92.4 Å². The van der Waals surface area contributed by atoms with E-state index in [4.69, 9.17) is 0 Å². The molecule has 3 aliphatic carbocycles. The Morgan fingerprint density at radius 3 is 2.57 bits per heavy atom. The fourth-order valence-electron chi connectivity index (χ4n) is 7.80. The largest absolute Gasteiger partial charge is 0.393 e. The van der Waals surface area contributed by atoms with Crippen molar-refractivity contribution in [1.82, 2.24) is 4.90 Å². The van der Waals surface area contributed by atoms with Gasteiger partial charge in [0.1, 0.15) is 0 Å². The molecule has 2 saturated carbocycles. The van der Waals surface area contributed by atoms with Crippen LogP contribution in [0.3, 0.4) is 0 Å². The highest BCUT2D eigenvalue weighted by Crippen LogP contribution is 2.63. The second-order valence-corrected chi connectivity index (χ2v) is 11.7. The van der Waals surface area contributed by atoms with Gasteiger partial charge in [-0.15, -0.1) is 0 Å². The van der Waals surface area contributed by atoms with Gasteiger partial charge in [0.25, 0.3) is 0 Å². The number of fused-ring (bicyclic) bond motifs is 3. The fourth-order valence-corrected chi connectivity index (χ4v) is 7.80. The summed E-state index contributed by atoms with van der Waals surface area (Å²) in [5.74, 6) is 3.76. The molecule has 3 heteroatoms. The number of carbonyl (C=O) groups is 1. The Balaban J connectivity index is 1.78. The SMILES string of the molecule is CCC1C2CC=C3C[C@@H](O)CC[C@]3(C)C2CC[C@]1(C)C(C)[C@H](C)CCC(=O)N(C)C. The molecular formula is C27H47NO2. The first kappa shape index (κ1) is 23.8. The van der Waals surface area contributed by atoms with Crippen molar-refractivity contribution in [3.63, 3.8) is 0 Å². The molecule has 8 atom stereocenters. The van der Waals surface area contributed by atoms with Gasteiger partial charge >= 0.3 is 0 Å². The minimum Gasteiger partial charge on any atom is -0.393 e. The zero-order valence-electron chi connectivity index (χ0n) is 20.7. The van der Waals surface area contributed by atoms with Gasteiger partial charge in [-0.05, 0) is 85.4 Å². The Labute approximate surface area is 185 Å². The van der Waals surface area contributed by atoms with E-state index in [2.05, 4.69) is 40.7 Å². The third-order valence-corrected chi connectivity index (χ3v) is 10.2. The number of carbonyl (C=O) groups excluding carboxylic acids is 1. The molecule has 0 bridgehead atoms. The molecular weight excluding hydrogens is 370 g/mol. The van der Waals surface area contributed by atoms with Gasteiger partial charge in [0, 0.05) is 20.5 Å². The molecule has 0 aromatic rings. The zero-order valence-corrected chi connectivity index (χ0v) is 20.7. The van der Waals surface area contributed by atoms with Crippen molar-refractivity contribution in [3.8, 4) is 0 Å². The lowest BCUT2D eigenvalue weighted by Crippen LogP contribution is -2.52. The zero-order chi connectivity index (χ0) is 22.3. The van der Waals surface area contributed by atoms with Gasteiger partial charge in [-0.3, -0.25) is 4.79 Å². The normalized spacial score (nSPS) is 40.6. The van der Waals surface area contributed by atoms with Crippen LogP contribution in [0.15, 0.2) is 11.6 Å².